The summed E-state index contributed by atoms with van der Waals surface area (Å²) in [5, 5.41) is 12.5. The van der Waals surface area contributed by atoms with Gasteiger partial charge in [0.25, 0.3) is 0 Å². The number of rotatable bonds is 5. The molecule has 2 nitrogen and oxygen atoms in total. The predicted octanol–water partition coefficient (Wildman–Crippen LogP) is 4.13. The van der Waals surface area contributed by atoms with Crippen LogP contribution in [0.1, 0.15) is 37.8 Å². The van der Waals surface area contributed by atoms with Crippen LogP contribution >= 0.6 is 0 Å². The van der Waals surface area contributed by atoms with Crippen molar-refractivity contribution in [3.8, 4) is 5.75 Å². The van der Waals surface area contributed by atoms with Crippen LogP contribution in [0.2, 0.25) is 0 Å². The molecule has 1 N–H and O–H groups in total. The first-order valence-corrected chi connectivity index (χ1v) is 8.20. The maximum absolute atomic E-state index is 9.98. The van der Waals surface area contributed by atoms with Gasteiger partial charge >= 0.3 is 0 Å². The van der Waals surface area contributed by atoms with E-state index < -0.39 is 0 Å². The summed E-state index contributed by atoms with van der Waals surface area (Å²) in [7, 11) is 0. The zero-order chi connectivity index (χ0) is 14.8. The third-order valence-corrected chi connectivity index (χ3v) is 4.58. The van der Waals surface area contributed by atoms with Crippen LogP contribution in [0, 0.1) is 0 Å². The van der Waals surface area contributed by atoms with Gasteiger partial charge in [-0.3, -0.25) is 4.90 Å². The Hall–Kier alpha value is -1.54. The van der Waals surface area contributed by atoms with Crippen LogP contribution in [0.5, 0.6) is 5.75 Å². The molecular weight excluding hydrogens is 258 g/mol. The standard InChI is InChI=1S/C19H25NO/c1-3-8-20(9-4-2)17-10-14-6-5-7-15-12-18(21)13-16(11-17)19(14)15/h5-7,12-13,17,21H,3-4,8-11H2,1-2H3/t17-/m1/s1. The van der Waals surface area contributed by atoms with Gasteiger partial charge in [0.15, 0.2) is 0 Å². The Labute approximate surface area is 127 Å². The number of phenolic OH excluding ortho intramolecular Hbond substituents is 1. The third-order valence-electron chi connectivity index (χ3n) is 4.58. The van der Waals surface area contributed by atoms with Crippen LogP contribution in [0.15, 0.2) is 30.3 Å². The molecule has 0 saturated heterocycles. The number of hydrogen-bond donors (Lipinski definition) is 1. The molecule has 0 spiro atoms. The van der Waals surface area contributed by atoms with Crippen LogP contribution in [0.4, 0.5) is 0 Å². The molecule has 112 valence electrons. The Morgan fingerprint density at radius 2 is 1.76 bits per heavy atom. The van der Waals surface area contributed by atoms with E-state index in [0.717, 1.165) is 12.8 Å². The van der Waals surface area contributed by atoms with Crippen LogP contribution in [-0.2, 0) is 12.8 Å². The lowest BCUT2D eigenvalue weighted by atomic mass is 9.84. The van der Waals surface area contributed by atoms with E-state index in [2.05, 4.69) is 36.9 Å². The van der Waals surface area contributed by atoms with E-state index >= 15 is 0 Å². The van der Waals surface area contributed by atoms with E-state index in [1.54, 1.807) is 0 Å². The molecule has 21 heavy (non-hydrogen) atoms. The van der Waals surface area contributed by atoms with Gasteiger partial charge in [0.1, 0.15) is 5.75 Å². The molecule has 0 saturated carbocycles. The molecule has 1 aliphatic rings. The number of nitrogens with zero attached hydrogens (tertiary/aromatic N) is 1. The minimum absolute atomic E-state index is 0.396. The zero-order valence-electron chi connectivity index (χ0n) is 13.1. The molecule has 0 bridgehead atoms. The van der Waals surface area contributed by atoms with Crippen LogP contribution in [0.3, 0.4) is 0 Å². The van der Waals surface area contributed by atoms with Gasteiger partial charge in [-0.1, -0.05) is 32.0 Å². The summed E-state index contributed by atoms with van der Waals surface area (Å²) in [5.41, 5.74) is 2.75. The van der Waals surface area contributed by atoms with Gasteiger partial charge in [-0.05, 0) is 72.8 Å². The van der Waals surface area contributed by atoms with Crippen molar-refractivity contribution >= 4 is 10.8 Å². The van der Waals surface area contributed by atoms with Gasteiger partial charge in [0.2, 0.25) is 0 Å². The van der Waals surface area contributed by atoms with Crippen molar-refractivity contribution in [2.45, 2.75) is 45.6 Å². The summed E-state index contributed by atoms with van der Waals surface area (Å²) in [4.78, 5) is 2.63. The van der Waals surface area contributed by atoms with Crippen molar-refractivity contribution in [3.63, 3.8) is 0 Å². The van der Waals surface area contributed by atoms with Crippen molar-refractivity contribution in [3.05, 3.63) is 41.5 Å². The number of benzene rings is 2. The molecule has 0 radical (unpaired) electrons. The van der Waals surface area contributed by atoms with E-state index in [4.69, 9.17) is 0 Å². The van der Waals surface area contributed by atoms with E-state index in [1.807, 2.05) is 12.1 Å². The molecule has 1 aliphatic carbocycles. The molecule has 0 aromatic heterocycles. The highest BCUT2D eigenvalue weighted by Crippen LogP contribution is 2.34. The Kier molecular flexibility index (Phi) is 4.16. The molecule has 0 amide bonds. The van der Waals surface area contributed by atoms with Crippen molar-refractivity contribution in [2.75, 3.05) is 13.1 Å². The quantitative estimate of drug-likeness (QED) is 0.891. The van der Waals surface area contributed by atoms with Gasteiger partial charge < -0.3 is 5.11 Å². The average Bonchev–Trinajstić information content (AvgIpc) is 2.46. The van der Waals surface area contributed by atoms with E-state index in [0.29, 0.717) is 11.8 Å². The molecule has 0 aliphatic heterocycles. The van der Waals surface area contributed by atoms with Crippen molar-refractivity contribution in [2.24, 2.45) is 0 Å². The van der Waals surface area contributed by atoms with Crippen LogP contribution in [0.25, 0.3) is 10.8 Å². The molecular formula is C19H25NO. The number of hydrogen-bond acceptors (Lipinski definition) is 2. The van der Waals surface area contributed by atoms with E-state index in [9.17, 15) is 5.11 Å². The molecule has 2 aromatic rings. The Morgan fingerprint density at radius 1 is 1.05 bits per heavy atom. The first kappa shape index (κ1) is 14.4. The lowest BCUT2D eigenvalue weighted by molar-refractivity contribution is 0.191. The molecule has 0 fully saturated rings. The molecule has 2 aromatic carbocycles. The Morgan fingerprint density at radius 3 is 2.48 bits per heavy atom. The SMILES string of the molecule is CCCN(CCC)[C@@H]1Cc2cccc3cc(O)cc(c23)C1. The second-order valence-electron chi connectivity index (χ2n) is 6.22. The third kappa shape index (κ3) is 2.77. The molecule has 2 heteroatoms. The lowest BCUT2D eigenvalue weighted by Crippen LogP contribution is -2.41. The second-order valence-corrected chi connectivity index (χ2v) is 6.22. The lowest BCUT2D eigenvalue weighted by Gasteiger charge is -2.35. The van der Waals surface area contributed by atoms with Crippen molar-refractivity contribution in [1.29, 1.82) is 0 Å². The summed E-state index contributed by atoms with van der Waals surface area (Å²) < 4.78 is 0. The van der Waals surface area contributed by atoms with E-state index in [1.165, 1.54) is 47.8 Å². The molecule has 3 rings (SSSR count). The van der Waals surface area contributed by atoms with Crippen molar-refractivity contribution in [1.82, 2.24) is 4.90 Å². The second kappa shape index (κ2) is 6.07. The monoisotopic (exact) mass is 283 g/mol. The summed E-state index contributed by atoms with van der Waals surface area (Å²) in [6.07, 6.45) is 4.60. The highest BCUT2D eigenvalue weighted by molar-refractivity contribution is 5.91. The molecule has 1 atom stereocenters. The molecule has 0 unspecified atom stereocenters. The van der Waals surface area contributed by atoms with Gasteiger partial charge in [-0.25, -0.2) is 0 Å². The predicted molar refractivity (Wildman–Crippen MR) is 89.0 cm³/mol. The van der Waals surface area contributed by atoms with Crippen LogP contribution in [-0.4, -0.2) is 29.1 Å². The molecule has 0 heterocycles. The Bertz CT molecular complexity index is 629. The van der Waals surface area contributed by atoms with Gasteiger partial charge in [-0.15, -0.1) is 0 Å². The first-order chi connectivity index (χ1) is 10.2. The summed E-state index contributed by atoms with van der Waals surface area (Å²) in [6, 6.07) is 10.9. The van der Waals surface area contributed by atoms with Gasteiger partial charge in [-0.2, -0.15) is 0 Å². The maximum atomic E-state index is 9.98. The largest absolute Gasteiger partial charge is 0.508 e. The number of aromatic hydroxyl groups is 1. The van der Waals surface area contributed by atoms with Gasteiger partial charge in [0.05, 0.1) is 0 Å². The van der Waals surface area contributed by atoms with Gasteiger partial charge in [0, 0.05) is 6.04 Å². The topological polar surface area (TPSA) is 23.5 Å². The fourth-order valence-corrected chi connectivity index (χ4v) is 3.80. The summed E-state index contributed by atoms with van der Waals surface area (Å²) in [6.45, 7) is 6.85. The summed E-state index contributed by atoms with van der Waals surface area (Å²) >= 11 is 0. The fourth-order valence-electron chi connectivity index (χ4n) is 3.80. The minimum atomic E-state index is 0.396. The van der Waals surface area contributed by atoms with E-state index in [-0.39, 0.29) is 0 Å². The van der Waals surface area contributed by atoms with Crippen LogP contribution < -0.4 is 0 Å². The highest BCUT2D eigenvalue weighted by atomic mass is 16.3. The smallest absolute Gasteiger partial charge is 0.116 e. The fraction of sp³-hybridized carbons (Fsp3) is 0.474. The zero-order valence-corrected chi connectivity index (χ0v) is 13.1. The van der Waals surface area contributed by atoms with Crippen molar-refractivity contribution < 1.29 is 5.11 Å². The summed E-state index contributed by atoms with van der Waals surface area (Å²) in [5.74, 6) is 0.396. The first-order valence-electron chi connectivity index (χ1n) is 8.20. The maximum Gasteiger partial charge on any atom is 0.116 e. The highest BCUT2D eigenvalue weighted by Gasteiger charge is 2.25. The average molecular weight is 283 g/mol. The Balaban J connectivity index is 1.98. The normalized spacial score (nSPS) is 17.6. The number of phenols is 1. The minimum Gasteiger partial charge on any atom is -0.508 e.